The molecule has 0 radical (unpaired) electrons. The summed E-state index contributed by atoms with van der Waals surface area (Å²) in [5, 5.41) is 11.5. The number of hydrogen-bond donors (Lipinski definition) is 1. The van der Waals surface area contributed by atoms with Gasteiger partial charge in [-0.15, -0.1) is 0 Å². The fraction of sp³-hybridized carbons (Fsp3) is 0.100. The van der Waals surface area contributed by atoms with Crippen molar-refractivity contribution < 1.29 is 13.9 Å². The Labute approximate surface area is 155 Å². The number of carbonyl (C=O) groups excluding carboxylic acids is 1. The van der Waals surface area contributed by atoms with Gasteiger partial charge in [0.25, 0.3) is 11.8 Å². The first-order valence-electron chi connectivity index (χ1n) is 8.20. The van der Waals surface area contributed by atoms with E-state index >= 15 is 0 Å². The Morgan fingerprint density at radius 3 is 2.70 bits per heavy atom. The molecule has 3 aromatic rings. The van der Waals surface area contributed by atoms with Crippen molar-refractivity contribution in [1.29, 1.82) is 5.26 Å². The maximum atomic E-state index is 13.5. The smallest absolute Gasteiger partial charge is 0.275 e. The number of nitrogens with one attached hydrogen (secondary N) is 1. The molecule has 6 nitrogen and oxygen atoms in total. The molecule has 0 aliphatic heterocycles. The lowest BCUT2D eigenvalue weighted by molar-refractivity contribution is 0.0947. The van der Waals surface area contributed by atoms with Crippen LogP contribution in [0.1, 0.15) is 23.0 Å². The Morgan fingerprint density at radius 1 is 1.26 bits per heavy atom. The molecule has 1 amide bonds. The zero-order chi connectivity index (χ0) is 19.2. The highest BCUT2D eigenvalue weighted by atomic mass is 19.1. The lowest BCUT2D eigenvalue weighted by Gasteiger charge is -2.11. The van der Waals surface area contributed by atoms with Gasteiger partial charge >= 0.3 is 0 Å². The van der Waals surface area contributed by atoms with Gasteiger partial charge < -0.3 is 10.1 Å². The molecule has 1 heterocycles. The summed E-state index contributed by atoms with van der Waals surface area (Å²) in [6, 6.07) is 14.3. The van der Waals surface area contributed by atoms with E-state index in [0.29, 0.717) is 29.1 Å². The van der Waals surface area contributed by atoms with Gasteiger partial charge in [-0.05, 0) is 43.3 Å². The number of carbonyl (C=O) groups is 1. The quantitative estimate of drug-likeness (QED) is 0.748. The van der Waals surface area contributed by atoms with Gasteiger partial charge in [0.1, 0.15) is 11.6 Å². The topological polar surface area (TPSA) is 87.9 Å². The molecule has 0 unspecified atom stereocenters. The van der Waals surface area contributed by atoms with Gasteiger partial charge in [0.15, 0.2) is 5.69 Å². The maximum Gasteiger partial charge on any atom is 0.275 e. The zero-order valence-electron chi connectivity index (χ0n) is 14.4. The van der Waals surface area contributed by atoms with Crippen molar-refractivity contribution in [3.8, 4) is 29.0 Å². The second-order valence-electron chi connectivity index (χ2n) is 5.52. The SMILES string of the molecule is CCNC(=O)c1ncc(-c2cccc(F)c2)nc1Oc1ccc(C#N)cc1. The summed E-state index contributed by atoms with van der Waals surface area (Å²) in [5.74, 6) is -0.450. The third kappa shape index (κ3) is 4.25. The number of aromatic nitrogens is 2. The van der Waals surface area contributed by atoms with Gasteiger partial charge in [-0.1, -0.05) is 12.1 Å². The maximum absolute atomic E-state index is 13.5. The Hall–Kier alpha value is -3.79. The number of amides is 1. The minimum atomic E-state index is -0.431. The van der Waals surface area contributed by atoms with E-state index in [4.69, 9.17) is 10.00 Å². The van der Waals surface area contributed by atoms with Crippen LogP contribution < -0.4 is 10.1 Å². The molecule has 1 N–H and O–H groups in total. The highest BCUT2D eigenvalue weighted by Crippen LogP contribution is 2.26. The largest absolute Gasteiger partial charge is 0.437 e. The first kappa shape index (κ1) is 18.0. The van der Waals surface area contributed by atoms with Crippen LogP contribution in [0.3, 0.4) is 0 Å². The van der Waals surface area contributed by atoms with Crippen LogP contribution in [0.25, 0.3) is 11.3 Å². The van der Waals surface area contributed by atoms with Crippen LogP contribution in [0.4, 0.5) is 4.39 Å². The molecule has 0 saturated heterocycles. The lowest BCUT2D eigenvalue weighted by atomic mass is 10.1. The van der Waals surface area contributed by atoms with E-state index in [1.54, 1.807) is 43.3 Å². The van der Waals surface area contributed by atoms with Gasteiger partial charge in [-0.25, -0.2) is 14.4 Å². The molecular weight excluding hydrogens is 347 g/mol. The molecule has 3 rings (SSSR count). The van der Waals surface area contributed by atoms with Gasteiger partial charge in [0.05, 0.1) is 23.5 Å². The minimum Gasteiger partial charge on any atom is -0.437 e. The van der Waals surface area contributed by atoms with Crippen LogP contribution in [-0.4, -0.2) is 22.4 Å². The lowest BCUT2D eigenvalue weighted by Crippen LogP contribution is -2.24. The molecule has 27 heavy (non-hydrogen) atoms. The van der Waals surface area contributed by atoms with Gasteiger partial charge in [0.2, 0.25) is 0 Å². The van der Waals surface area contributed by atoms with Crippen LogP contribution in [0.15, 0.2) is 54.7 Å². The monoisotopic (exact) mass is 362 g/mol. The summed E-state index contributed by atoms with van der Waals surface area (Å²) in [7, 11) is 0. The molecular formula is C20H15FN4O2. The van der Waals surface area contributed by atoms with E-state index < -0.39 is 11.7 Å². The first-order chi connectivity index (χ1) is 13.1. The number of benzene rings is 2. The number of hydrogen-bond acceptors (Lipinski definition) is 5. The fourth-order valence-electron chi connectivity index (χ4n) is 2.34. The van der Waals surface area contributed by atoms with Crippen molar-refractivity contribution in [1.82, 2.24) is 15.3 Å². The molecule has 0 aliphatic carbocycles. The molecule has 7 heteroatoms. The zero-order valence-corrected chi connectivity index (χ0v) is 14.4. The molecule has 0 saturated carbocycles. The van der Waals surface area contributed by atoms with E-state index in [1.165, 1.54) is 18.3 Å². The summed E-state index contributed by atoms with van der Waals surface area (Å²) in [6.07, 6.45) is 1.39. The Balaban J connectivity index is 2.02. The number of nitriles is 1. The van der Waals surface area contributed by atoms with Crippen LogP contribution in [-0.2, 0) is 0 Å². The highest BCUT2D eigenvalue weighted by molar-refractivity contribution is 5.94. The van der Waals surface area contributed by atoms with E-state index in [0.717, 1.165) is 0 Å². The molecule has 2 aromatic carbocycles. The average molecular weight is 362 g/mol. The summed E-state index contributed by atoms with van der Waals surface area (Å²) < 4.78 is 19.2. The van der Waals surface area contributed by atoms with Crippen molar-refractivity contribution in [3.05, 3.63) is 71.8 Å². The Morgan fingerprint density at radius 2 is 2.04 bits per heavy atom. The molecule has 0 atom stereocenters. The second kappa shape index (κ2) is 8.06. The van der Waals surface area contributed by atoms with Crippen molar-refractivity contribution in [2.75, 3.05) is 6.54 Å². The molecule has 0 bridgehead atoms. The predicted octanol–water partition coefficient (Wildman–Crippen LogP) is 3.70. The molecule has 0 spiro atoms. The van der Waals surface area contributed by atoms with Gasteiger partial charge in [-0.2, -0.15) is 5.26 Å². The average Bonchev–Trinajstić information content (AvgIpc) is 2.68. The number of nitrogens with zero attached hydrogens (tertiary/aromatic N) is 3. The van der Waals surface area contributed by atoms with E-state index in [2.05, 4.69) is 15.3 Å². The molecule has 134 valence electrons. The first-order valence-corrected chi connectivity index (χ1v) is 8.20. The van der Waals surface area contributed by atoms with E-state index in [9.17, 15) is 9.18 Å². The standard InChI is InChI=1S/C20H15FN4O2/c1-2-23-19(26)18-20(27-16-8-6-13(11-22)7-9-16)25-17(12-24-18)14-4-3-5-15(21)10-14/h3-10,12H,2H2,1H3,(H,23,26). The third-order valence-corrected chi connectivity index (χ3v) is 3.61. The van der Waals surface area contributed by atoms with Crippen molar-refractivity contribution >= 4 is 5.91 Å². The predicted molar refractivity (Wildman–Crippen MR) is 96.7 cm³/mol. The number of halogens is 1. The second-order valence-corrected chi connectivity index (χ2v) is 5.52. The summed E-state index contributed by atoms with van der Waals surface area (Å²) >= 11 is 0. The van der Waals surface area contributed by atoms with Gasteiger partial charge in [-0.3, -0.25) is 4.79 Å². The van der Waals surface area contributed by atoms with Gasteiger partial charge in [0, 0.05) is 12.1 Å². The fourth-order valence-corrected chi connectivity index (χ4v) is 2.34. The molecule has 1 aromatic heterocycles. The highest BCUT2D eigenvalue weighted by Gasteiger charge is 2.18. The molecule has 0 fully saturated rings. The van der Waals surface area contributed by atoms with Crippen molar-refractivity contribution in [2.45, 2.75) is 6.92 Å². The normalized spacial score (nSPS) is 10.1. The van der Waals surface area contributed by atoms with Crippen molar-refractivity contribution in [3.63, 3.8) is 0 Å². The van der Waals surface area contributed by atoms with Crippen LogP contribution in [0, 0.1) is 17.1 Å². The van der Waals surface area contributed by atoms with E-state index in [-0.39, 0.29) is 11.6 Å². The summed E-state index contributed by atoms with van der Waals surface area (Å²) in [5.41, 5.74) is 1.37. The summed E-state index contributed by atoms with van der Waals surface area (Å²) in [4.78, 5) is 20.8. The number of rotatable bonds is 5. The van der Waals surface area contributed by atoms with Crippen molar-refractivity contribution in [2.24, 2.45) is 0 Å². The molecule has 0 aliphatic rings. The Bertz CT molecular complexity index is 1010. The van der Waals surface area contributed by atoms with E-state index in [1.807, 2.05) is 6.07 Å². The Kier molecular flexibility index (Phi) is 5.38. The number of ether oxygens (including phenoxy) is 1. The van der Waals surface area contributed by atoms with Crippen LogP contribution in [0.5, 0.6) is 11.6 Å². The minimum absolute atomic E-state index is 0.00702. The van der Waals surface area contributed by atoms with Crippen LogP contribution in [0.2, 0.25) is 0 Å². The summed E-state index contributed by atoms with van der Waals surface area (Å²) in [6.45, 7) is 2.20. The third-order valence-electron chi connectivity index (χ3n) is 3.61. The van der Waals surface area contributed by atoms with Crippen LogP contribution >= 0.6 is 0 Å².